The predicted octanol–water partition coefficient (Wildman–Crippen LogP) is 4.98. The van der Waals surface area contributed by atoms with E-state index in [1.807, 2.05) is 17.5 Å². The Morgan fingerprint density at radius 3 is 2.48 bits per heavy atom. The molecule has 33 heavy (non-hydrogen) atoms. The van der Waals surface area contributed by atoms with Gasteiger partial charge in [0.15, 0.2) is 5.82 Å². The van der Waals surface area contributed by atoms with E-state index in [2.05, 4.69) is 15.4 Å². The van der Waals surface area contributed by atoms with E-state index >= 15 is 0 Å². The largest absolute Gasteiger partial charge is 0.449 e. The van der Waals surface area contributed by atoms with E-state index in [0.29, 0.717) is 22.9 Å². The lowest BCUT2D eigenvalue weighted by molar-refractivity contribution is 0.101. The maximum Gasteiger partial charge on any atom is 0.413 e. The minimum atomic E-state index is -0.500. The van der Waals surface area contributed by atoms with Gasteiger partial charge < -0.3 is 10.1 Å². The van der Waals surface area contributed by atoms with Crippen LogP contribution in [0, 0.1) is 5.82 Å². The van der Waals surface area contributed by atoms with Crippen molar-refractivity contribution in [1.29, 1.82) is 0 Å². The van der Waals surface area contributed by atoms with Crippen LogP contribution in [0.15, 0.2) is 66.0 Å². The highest BCUT2D eigenvalue weighted by atomic mass is 32.1. The molecule has 10 heteroatoms. The number of ether oxygens (including phenoxy) is 1. The third-order valence-corrected chi connectivity index (χ3v) is 5.54. The Morgan fingerprint density at radius 1 is 1.12 bits per heavy atom. The standard InChI is InChI=1S/C23H20FN5O3S/c1-3-32-23(31)28(2)17-12-8-16(9-13-17)25-22(30)20-26-21(19-5-4-14-33-19)29(27-20)18-10-6-15(24)7-11-18/h4-14H,3H2,1-2H3,(H,25,30). The lowest BCUT2D eigenvalue weighted by Crippen LogP contribution is -2.26. The molecule has 0 spiro atoms. The van der Waals surface area contributed by atoms with E-state index in [1.165, 1.54) is 33.1 Å². The Labute approximate surface area is 193 Å². The molecule has 4 rings (SSSR count). The lowest BCUT2D eigenvalue weighted by Gasteiger charge is -2.16. The number of hydrogen-bond donors (Lipinski definition) is 1. The molecular weight excluding hydrogens is 445 g/mol. The zero-order valence-corrected chi connectivity index (χ0v) is 18.7. The smallest absolute Gasteiger partial charge is 0.413 e. The molecule has 4 aromatic rings. The van der Waals surface area contributed by atoms with Crippen LogP contribution in [0.5, 0.6) is 0 Å². The van der Waals surface area contributed by atoms with Gasteiger partial charge in [0.25, 0.3) is 5.91 Å². The number of halogens is 1. The number of carbonyl (C=O) groups excluding carboxylic acids is 2. The zero-order valence-electron chi connectivity index (χ0n) is 17.9. The fraction of sp³-hybridized carbons (Fsp3) is 0.130. The van der Waals surface area contributed by atoms with Crippen LogP contribution in [0.3, 0.4) is 0 Å². The van der Waals surface area contributed by atoms with Gasteiger partial charge in [-0.2, -0.15) is 0 Å². The quantitative estimate of drug-likeness (QED) is 0.434. The summed E-state index contributed by atoms with van der Waals surface area (Å²) < 4.78 is 19.9. The molecule has 0 aliphatic carbocycles. The highest BCUT2D eigenvalue weighted by Crippen LogP contribution is 2.26. The monoisotopic (exact) mass is 465 g/mol. The summed E-state index contributed by atoms with van der Waals surface area (Å²) in [6.07, 6.45) is -0.467. The summed E-state index contributed by atoms with van der Waals surface area (Å²) >= 11 is 1.46. The van der Waals surface area contributed by atoms with E-state index in [4.69, 9.17) is 4.74 Å². The number of benzene rings is 2. The van der Waals surface area contributed by atoms with Crippen LogP contribution in [0.4, 0.5) is 20.6 Å². The summed E-state index contributed by atoms with van der Waals surface area (Å²) in [4.78, 5) is 31.3. The van der Waals surface area contributed by atoms with Crippen LogP contribution in [0.1, 0.15) is 17.5 Å². The van der Waals surface area contributed by atoms with Crippen LogP contribution in [-0.2, 0) is 4.74 Å². The number of hydrogen-bond acceptors (Lipinski definition) is 6. The van der Waals surface area contributed by atoms with Crippen molar-refractivity contribution in [2.24, 2.45) is 0 Å². The highest BCUT2D eigenvalue weighted by Gasteiger charge is 2.20. The van der Waals surface area contributed by atoms with Gasteiger partial charge >= 0.3 is 6.09 Å². The van der Waals surface area contributed by atoms with Crippen molar-refractivity contribution >= 4 is 34.7 Å². The number of anilines is 2. The molecule has 0 saturated heterocycles. The number of carbonyl (C=O) groups is 2. The third-order valence-electron chi connectivity index (χ3n) is 4.68. The maximum absolute atomic E-state index is 13.4. The first-order valence-corrected chi connectivity index (χ1v) is 10.9. The molecule has 0 unspecified atom stereocenters. The lowest BCUT2D eigenvalue weighted by atomic mass is 10.2. The van der Waals surface area contributed by atoms with Gasteiger partial charge in [-0.05, 0) is 66.9 Å². The second kappa shape index (κ2) is 9.61. The summed E-state index contributed by atoms with van der Waals surface area (Å²) in [6.45, 7) is 2.02. The first-order valence-electron chi connectivity index (χ1n) is 10.0. The van der Waals surface area contributed by atoms with Gasteiger partial charge in [0.2, 0.25) is 5.82 Å². The molecular formula is C23H20FN5O3S. The second-order valence-corrected chi connectivity index (χ2v) is 7.83. The molecule has 0 atom stereocenters. The van der Waals surface area contributed by atoms with Crippen molar-refractivity contribution in [3.8, 4) is 16.4 Å². The summed E-state index contributed by atoms with van der Waals surface area (Å²) in [7, 11) is 1.60. The van der Waals surface area contributed by atoms with E-state index in [0.717, 1.165) is 4.88 Å². The van der Waals surface area contributed by atoms with Crippen molar-refractivity contribution in [2.75, 3.05) is 23.9 Å². The minimum absolute atomic E-state index is 0.0320. The number of rotatable bonds is 6. The Hall–Kier alpha value is -4.05. The molecule has 168 valence electrons. The summed E-state index contributed by atoms with van der Waals surface area (Å²) in [5, 5.41) is 9.01. The van der Waals surface area contributed by atoms with Gasteiger partial charge in [0.1, 0.15) is 5.82 Å². The van der Waals surface area contributed by atoms with E-state index in [1.54, 1.807) is 50.4 Å². The van der Waals surface area contributed by atoms with Crippen LogP contribution in [-0.4, -0.2) is 40.4 Å². The average molecular weight is 466 g/mol. The van der Waals surface area contributed by atoms with E-state index < -0.39 is 12.0 Å². The molecule has 0 aliphatic rings. The molecule has 0 aliphatic heterocycles. The molecule has 1 N–H and O–H groups in total. The summed E-state index contributed by atoms with van der Waals surface area (Å²) in [5.41, 5.74) is 1.71. The second-order valence-electron chi connectivity index (χ2n) is 6.88. The van der Waals surface area contributed by atoms with Crippen molar-refractivity contribution in [1.82, 2.24) is 14.8 Å². The molecule has 8 nitrogen and oxygen atoms in total. The Kier molecular flexibility index (Phi) is 6.45. The van der Waals surface area contributed by atoms with Crippen LogP contribution in [0.2, 0.25) is 0 Å². The number of amides is 2. The molecule has 0 bridgehead atoms. The topological polar surface area (TPSA) is 89.4 Å². The average Bonchev–Trinajstić information content (AvgIpc) is 3.50. The van der Waals surface area contributed by atoms with Crippen molar-refractivity contribution in [3.05, 3.63) is 77.7 Å². The fourth-order valence-corrected chi connectivity index (χ4v) is 3.72. The Bertz CT molecular complexity index is 1250. The minimum Gasteiger partial charge on any atom is -0.449 e. The molecule has 0 radical (unpaired) electrons. The third kappa shape index (κ3) is 4.90. The normalized spacial score (nSPS) is 10.6. The number of nitrogens with one attached hydrogen (secondary N) is 1. The maximum atomic E-state index is 13.4. The van der Waals surface area contributed by atoms with E-state index in [9.17, 15) is 14.0 Å². The number of thiophene rings is 1. The molecule has 2 amide bonds. The highest BCUT2D eigenvalue weighted by molar-refractivity contribution is 7.13. The van der Waals surface area contributed by atoms with Crippen molar-refractivity contribution < 1.29 is 18.7 Å². The Morgan fingerprint density at radius 2 is 1.85 bits per heavy atom. The van der Waals surface area contributed by atoms with Gasteiger partial charge in [-0.15, -0.1) is 16.4 Å². The van der Waals surface area contributed by atoms with Crippen LogP contribution >= 0.6 is 11.3 Å². The molecule has 2 heterocycles. The first kappa shape index (κ1) is 22.2. The summed E-state index contributed by atoms with van der Waals surface area (Å²) in [5.74, 6) is -0.421. The molecule has 0 saturated carbocycles. The van der Waals surface area contributed by atoms with Gasteiger partial charge in [-0.3, -0.25) is 9.69 Å². The van der Waals surface area contributed by atoms with Crippen LogP contribution in [0.25, 0.3) is 16.4 Å². The predicted molar refractivity (Wildman–Crippen MR) is 124 cm³/mol. The molecule has 0 fully saturated rings. The Balaban J connectivity index is 1.57. The van der Waals surface area contributed by atoms with Crippen LogP contribution < -0.4 is 10.2 Å². The number of aromatic nitrogens is 3. The van der Waals surface area contributed by atoms with Gasteiger partial charge in [0.05, 0.1) is 17.2 Å². The number of nitrogens with zero attached hydrogens (tertiary/aromatic N) is 4. The molecule has 2 aromatic heterocycles. The van der Waals surface area contributed by atoms with Gasteiger partial charge in [-0.1, -0.05) is 6.07 Å². The van der Waals surface area contributed by atoms with Gasteiger partial charge in [0, 0.05) is 18.4 Å². The van der Waals surface area contributed by atoms with E-state index in [-0.39, 0.29) is 18.2 Å². The van der Waals surface area contributed by atoms with Crippen molar-refractivity contribution in [3.63, 3.8) is 0 Å². The van der Waals surface area contributed by atoms with Gasteiger partial charge in [-0.25, -0.2) is 18.9 Å². The first-order chi connectivity index (χ1) is 16.0. The van der Waals surface area contributed by atoms with Crippen molar-refractivity contribution in [2.45, 2.75) is 6.92 Å². The molecule has 2 aromatic carbocycles. The zero-order chi connectivity index (χ0) is 23.4. The SMILES string of the molecule is CCOC(=O)N(C)c1ccc(NC(=O)c2nc(-c3cccs3)n(-c3ccc(F)cc3)n2)cc1. The summed E-state index contributed by atoms with van der Waals surface area (Å²) in [6, 6.07) is 16.2. The fourth-order valence-electron chi connectivity index (χ4n) is 3.02.